The lowest BCUT2D eigenvalue weighted by Gasteiger charge is -2.17. The number of rotatable bonds is 8. The predicted molar refractivity (Wildman–Crippen MR) is 95.0 cm³/mol. The minimum Gasteiger partial charge on any atom is -0.463 e. The van der Waals surface area contributed by atoms with Gasteiger partial charge in [-0.15, -0.1) is 0 Å². The standard InChI is InChI=1S/C20H19N3O3/c21-10-9-16-5-7-17(8-6-16)22-20(24)15-23(13-18-3-1-11-25-18)14-19-4-2-12-26-19/h1-8,11-12H,9,13-15H2,(H,22,24)/p+1. The van der Waals surface area contributed by atoms with Crippen LogP contribution in [0.2, 0.25) is 0 Å². The van der Waals surface area contributed by atoms with Crippen LogP contribution >= 0.6 is 0 Å². The molecule has 3 aromatic rings. The first-order valence-corrected chi connectivity index (χ1v) is 8.37. The number of furan rings is 2. The van der Waals surface area contributed by atoms with Crippen molar-refractivity contribution < 1.29 is 18.5 Å². The normalized spacial score (nSPS) is 10.6. The number of nitrogens with zero attached hydrogens (tertiary/aromatic N) is 1. The summed E-state index contributed by atoms with van der Waals surface area (Å²) in [6.45, 7) is 1.45. The van der Waals surface area contributed by atoms with E-state index in [1.54, 1.807) is 12.5 Å². The molecule has 0 unspecified atom stereocenters. The number of benzene rings is 1. The number of hydrogen-bond acceptors (Lipinski definition) is 4. The molecule has 132 valence electrons. The molecule has 3 rings (SSSR count). The molecule has 2 N–H and O–H groups in total. The van der Waals surface area contributed by atoms with Crippen LogP contribution in [0.5, 0.6) is 0 Å². The Hall–Kier alpha value is -3.30. The number of carbonyl (C=O) groups excluding carboxylic acids is 1. The summed E-state index contributed by atoms with van der Waals surface area (Å²) < 4.78 is 10.8. The molecule has 0 spiro atoms. The molecule has 1 aromatic carbocycles. The first-order chi connectivity index (χ1) is 12.7. The Morgan fingerprint density at radius 1 is 1.00 bits per heavy atom. The number of carbonyl (C=O) groups is 1. The molecule has 0 aliphatic heterocycles. The SMILES string of the molecule is N#CCc1ccc(NC(=O)C[NH+](Cc2ccco2)Cc2ccco2)cc1. The van der Waals surface area contributed by atoms with Crippen LogP contribution in [0.25, 0.3) is 0 Å². The molecule has 0 aliphatic carbocycles. The van der Waals surface area contributed by atoms with Gasteiger partial charge in [-0.25, -0.2) is 0 Å². The molecule has 2 heterocycles. The largest absolute Gasteiger partial charge is 0.463 e. The molecule has 6 heteroatoms. The van der Waals surface area contributed by atoms with Gasteiger partial charge in [0.25, 0.3) is 5.91 Å². The molecule has 2 aromatic heterocycles. The molecule has 0 saturated heterocycles. The van der Waals surface area contributed by atoms with Crippen LogP contribution < -0.4 is 10.2 Å². The van der Waals surface area contributed by atoms with Gasteiger partial charge in [-0.3, -0.25) is 4.79 Å². The number of hydrogen-bond donors (Lipinski definition) is 2. The second-order valence-electron chi connectivity index (χ2n) is 6.02. The van der Waals surface area contributed by atoms with Crippen molar-refractivity contribution in [1.29, 1.82) is 5.26 Å². The number of anilines is 1. The molecule has 6 nitrogen and oxygen atoms in total. The van der Waals surface area contributed by atoms with E-state index < -0.39 is 0 Å². The van der Waals surface area contributed by atoms with Gasteiger partial charge in [0.05, 0.1) is 25.0 Å². The zero-order valence-corrected chi connectivity index (χ0v) is 14.3. The van der Waals surface area contributed by atoms with Gasteiger partial charge in [0, 0.05) is 5.69 Å². The van der Waals surface area contributed by atoms with Crippen molar-refractivity contribution in [2.24, 2.45) is 0 Å². The van der Waals surface area contributed by atoms with Gasteiger partial charge in [-0.05, 0) is 42.0 Å². The van der Waals surface area contributed by atoms with Gasteiger partial charge in [-0.1, -0.05) is 12.1 Å². The number of nitrogens with one attached hydrogen (secondary N) is 2. The third kappa shape index (κ3) is 5.10. The van der Waals surface area contributed by atoms with Crippen molar-refractivity contribution in [3.8, 4) is 6.07 Å². The molecule has 0 bridgehead atoms. The highest BCUT2D eigenvalue weighted by Crippen LogP contribution is 2.09. The van der Waals surface area contributed by atoms with E-state index in [4.69, 9.17) is 14.1 Å². The van der Waals surface area contributed by atoms with E-state index in [0.29, 0.717) is 25.2 Å². The minimum atomic E-state index is -0.0915. The van der Waals surface area contributed by atoms with Gasteiger partial charge in [0.15, 0.2) is 18.1 Å². The zero-order chi connectivity index (χ0) is 18.2. The quantitative estimate of drug-likeness (QED) is 0.652. The molecule has 0 aliphatic rings. The maximum Gasteiger partial charge on any atom is 0.279 e. The van der Waals surface area contributed by atoms with Crippen LogP contribution in [0.4, 0.5) is 5.69 Å². The predicted octanol–water partition coefficient (Wildman–Crippen LogP) is 2.16. The lowest BCUT2D eigenvalue weighted by Crippen LogP contribution is -3.10. The summed E-state index contributed by atoms with van der Waals surface area (Å²) in [4.78, 5) is 13.5. The Balaban J connectivity index is 1.61. The fourth-order valence-electron chi connectivity index (χ4n) is 2.74. The maximum absolute atomic E-state index is 12.4. The van der Waals surface area contributed by atoms with Crippen LogP contribution in [-0.2, 0) is 24.3 Å². The highest BCUT2D eigenvalue weighted by atomic mass is 16.3. The van der Waals surface area contributed by atoms with Gasteiger partial charge in [0.1, 0.15) is 13.1 Å². The molecule has 0 radical (unpaired) electrons. The summed E-state index contributed by atoms with van der Waals surface area (Å²) >= 11 is 0. The Morgan fingerprint density at radius 2 is 1.62 bits per heavy atom. The number of amides is 1. The van der Waals surface area contributed by atoms with Gasteiger partial charge in [-0.2, -0.15) is 5.26 Å². The number of nitriles is 1. The monoisotopic (exact) mass is 350 g/mol. The van der Waals surface area contributed by atoms with Crippen molar-refractivity contribution in [3.05, 3.63) is 78.1 Å². The van der Waals surface area contributed by atoms with E-state index in [-0.39, 0.29) is 12.5 Å². The van der Waals surface area contributed by atoms with E-state index in [2.05, 4.69) is 11.4 Å². The molecule has 26 heavy (non-hydrogen) atoms. The molecular formula is C20H20N3O3+. The highest BCUT2D eigenvalue weighted by molar-refractivity contribution is 5.91. The third-order valence-corrected chi connectivity index (χ3v) is 3.94. The second-order valence-corrected chi connectivity index (χ2v) is 6.02. The van der Waals surface area contributed by atoms with E-state index >= 15 is 0 Å². The third-order valence-electron chi connectivity index (χ3n) is 3.94. The van der Waals surface area contributed by atoms with Crippen LogP contribution in [-0.4, -0.2) is 12.5 Å². The lowest BCUT2D eigenvalue weighted by atomic mass is 10.1. The Labute approximate surface area is 151 Å². The summed E-state index contributed by atoms with van der Waals surface area (Å²) in [5.74, 6) is 1.55. The average Bonchev–Trinajstić information content (AvgIpc) is 3.31. The second kappa shape index (κ2) is 8.70. The smallest absolute Gasteiger partial charge is 0.279 e. The summed E-state index contributed by atoms with van der Waals surface area (Å²) in [6, 6.07) is 16.9. The summed E-state index contributed by atoms with van der Waals surface area (Å²) in [6.07, 6.45) is 3.61. The minimum absolute atomic E-state index is 0.0915. The first kappa shape index (κ1) is 17.5. The molecule has 0 saturated carbocycles. The van der Waals surface area contributed by atoms with Crippen LogP contribution in [0.3, 0.4) is 0 Å². The summed E-state index contributed by atoms with van der Waals surface area (Å²) in [5.41, 5.74) is 1.64. The first-order valence-electron chi connectivity index (χ1n) is 8.37. The van der Waals surface area contributed by atoms with Crippen molar-refractivity contribution in [2.75, 3.05) is 11.9 Å². The average molecular weight is 350 g/mol. The summed E-state index contributed by atoms with van der Waals surface area (Å²) in [5, 5.41) is 11.6. The van der Waals surface area contributed by atoms with E-state index in [9.17, 15) is 4.79 Å². The highest BCUT2D eigenvalue weighted by Gasteiger charge is 2.18. The molecule has 0 fully saturated rings. The van der Waals surface area contributed by atoms with Gasteiger partial charge in [0.2, 0.25) is 0 Å². The fourth-order valence-corrected chi connectivity index (χ4v) is 2.74. The fraction of sp³-hybridized carbons (Fsp3) is 0.200. The van der Waals surface area contributed by atoms with Crippen molar-refractivity contribution in [1.82, 2.24) is 0 Å². The maximum atomic E-state index is 12.4. The topological polar surface area (TPSA) is 83.6 Å². The molecular weight excluding hydrogens is 330 g/mol. The Morgan fingerprint density at radius 3 is 2.12 bits per heavy atom. The van der Waals surface area contributed by atoms with Crippen molar-refractivity contribution >= 4 is 11.6 Å². The number of quaternary nitrogens is 1. The van der Waals surface area contributed by atoms with Gasteiger partial charge >= 0.3 is 0 Å². The van der Waals surface area contributed by atoms with E-state index in [0.717, 1.165) is 22.0 Å². The van der Waals surface area contributed by atoms with Crippen molar-refractivity contribution in [2.45, 2.75) is 19.5 Å². The molecule has 1 amide bonds. The Bertz CT molecular complexity index is 811. The Kier molecular flexibility index (Phi) is 5.86. The van der Waals surface area contributed by atoms with Crippen LogP contribution in [0.1, 0.15) is 17.1 Å². The van der Waals surface area contributed by atoms with Crippen LogP contribution in [0.15, 0.2) is 69.9 Å². The summed E-state index contributed by atoms with van der Waals surface area (Å²) in [7, 11) is 0. The lowest BCUT2D eigenvalue weighted by molar-refractivity contribution is -0.921. The van der Waals surface area contributed by atoms with Gasteiger partial charge < -0.3 is 19.1 Å². The van der Waals surface area contributed by atoms with E-state index in [1.807, 2.05) is 48.5 Å². The van der Waals surface area contributed by atoms with Crippen molar-refractivity contribution in [3.63, 3.8) is 0 Å². The zero-order valence-electron chi connectivity index (χ0n) is 14.3. The van der Waals surface area contributed by atoms with E-state index in [1.165, 1.54) is 0 Å². The van der Waals surface area contributed by atoms with Crippen LogP contribution in [0, 0.1) is 11.3 Å². The molecule has 0 atom stereocenters.